The number of anilines is 1. The van der Waals surface area contributed by atoms with Crippen LogP contribution in [0.5, 0.6) is 0 Å². The molecule has 2 aromatic carbocycles. The van der Waals surface area contributed by atoms with Crippen molar-refractivity contribution in [1.29, 1.82) is 0 Å². The summed E-state index contributed by atoms with van der Waals surface area (Å²) in [6.07, 6.45) is 0.759. The van der Waals surface area contributed by atoms with Crippen molar-refractivity contribution in [3.05, 3.63) is 59.7 Å². The van der Waals surface area contributed by atoms with E-state index < -0.39 is 15.4 Å². The monoisotopic (exact) mass is 470 g/mol. The zero-order valence-electron chi connectivity index (χ0n) is 19.8. The molecule has 1 fully saturated rings. The van der Waals surface area contributed by atoms with Gasteiger partial charge in [-0.2, -0.15) is 0 Å². The van der Waals surface area contributed by atoms with Gasteiger partial charge in [-0.05, 0) is 56.1 Å². The van der Waals surface area contributed by atoms with E-state index in [0.717, 1.165) is 56.9 Å². The van der Waals surface area contributed by atoms with Crippen molar-refractivity contribution in [2.75, 3.05) is 51.2 Å². The highest BCUT2D eigenvalue weighted by molar-refractivity contribution is 7.89. The summed E-state index contributed by atoms with van der Waals surface area (Å²) in [6.45, 7) is 9.97. The number of piperazine rings is 1. The Balaban J connectivity index is 1.24. The number of hydrogen-bond acceptors (Lipinski definition) is 5. The SMILES string of the molecule is CN1C(=O)C(C)(C)c2cc(S(=O)(=O)NCCCN3CCN(Cc4ccccc4)CC3)ccc21. The van der Waals surface area contributed by atoms with Crippen molar-refractivity contribution in [2.45, 2.75) is 37.1 Å². The second-order valence-electron chi connectivity index (χ2n) is 9.52. The molecule has 1 saturated heterocycles. The number of likely N-dealkylation sites (N-methyl/N-ethyl adjacent to an activating group) is 1. The molecule has 0 unspecified atom stereocenters. The molecule has 8 heteroatoms. The zero-order chi connectivity index (χ0) is 23.6. The summed E-state index contributed by atoms with van der Waals surface area (Å²) < 4.78 is 28.4. The first-order valence-corrected chi connectivity index (χ1v) is 13.1. The highest BCUT2D eigenvalue weighted by Crippen LogP contribution is 2.41. The summed E-state index contributed by atoms with van der Waals surface area (Å²) in [5.74, 6) is -0.0242. The molecule has 0 atom stereocenters. The minimum absolute atomic E-state index is 0.0242. The Morgan fingerprint density at radius 2 is 1.64 bits per heavy atom. The van der Waals surface area contributed by atoms with Gasteiger partial charge in [0.05, 0.1) is 10.3 Å². The Morgan fingerprint density at radius 3 is 2.33 bits per heavy atom. The fraction of sp³-hybridized carbons (Fsp3) is 0.480. The predicted octanol–water partition coefficient (Wildman–Crippen LogP) is 2.43. The van der Waals surface area contributed by atoms with E-state index >= 15 is 0 Å². The molecular weight excluding hydrogens is 436 g/mol. The molecule has 0 saturated carbocycles. The molecule has 2 aromatic rings. The summed E-state index contributed by atoms with van der Waals surface area (Å²) in [4.78, 5) is 19.1. The van der Waals surface area contributed by atoms with Crippen LogP contribution in [0.1, 0.15) is 31.4 Å². The van der Waals surface area contributed by atoms with Crippen molar-refractivity contribution in [1.82, 2.24) is 14.5 Å². The highest BCUT2D eigenvalue weighted by atomic mass is 32.2. The number of fused-ring (bicyclic) bond motifs is 1. The van der Waals surface area contributed by atoms with Gasteiger partial charge in [-0.15, -0.1) is 0 Å². The molecule has 4 rings (SSSR count). The van der Waals surface area contributed by atoms with Crippen LogP contribution in [-0.2, 0) is 26.8 Å². The van der Waals surface area contributed by atoms with Gasteiger partial charge in [0, 0.05) is 52.0 Å². The second-order valence-corrected chi connectivity index (χ2v) is 11.3. The molecule has 2 aliphatic heterocycles. The molecule has 7 nitrogen and oxygen atoms in total. The smallest absolute Gasteiger partial charge is 0.240 e. The van der Waals surface area contributed by atoms with Crippen LogP contribution in [0.3, 0.4) is 0 Å². The van der Waals surface area contributed by atoms with E-state index in [2.05, 4.69) is 38.8 Å². The molecule has 2 heterocycles. The number of carbonyl (C=O) groups is 1. The molecule has 0 bridgehead atoms. The molecule has 1 N–H and O–H groups in total. The molecule has 1 amide bonds. The van der Waals surface area contributed by atoms with Gasteiger partial charge in [-0.1, -0.05) is 30.3 Å². The molecule has 33 heavy (non-hydrogen) atoms. The van der Waals surface area contributed by atoms with Gasteiger partial charge in [-0.3, -0.25) is 9.69 Å². The van der Waals surface area contributed by atoms with E-state index in [1.807, 2.05) is 19.9 Å². The number of sulfonamides is 1. The first kappa shape index (κ1) is 23.9. The van der Waals surface area contributed by atoms with Gasteiger partial charge in [0.1, 0.15) is 0 Å². The Hall–Kier alpha value is -2.26. The normalized spacial score (nSPS) is 19.1. The van der Waals surface area contributed by atoms with Crippen LogP contribution in [0.2, 0.25) is 0 Å². The largest absolute Gasteiger partial charge is 0.314 e. The quantitative estimate of drug-likeness (QED) is 0.600. The van der Waals surface area contributed by atoms with Crippen LogP contribution in [0, 0.1) is 0 Å². The molecule has 0 radical (unpaired) electrons. The lowest BCUT2D eigenvalue weighted by Gasteiger charge is -2.34. The number of carbonyl (C=O) groups excluding carboxylic acids is 1. The number of amides is 1. The van der Waals surface area contributed by atoms with Gasteiger partial charge >= 0.3 is 0 Å². The van der Waals surface area contributed by atoms with Gasteiger partial charge in [-0.25, -0.2) is 13.1 Å². The van der Waals surface area contributed by atoms with Crippen molar-refractivity contribution in [2.24, 2.45) is 0 Å². The summed E-state index contributed by atoms with van der Waals surface area (Å²) >= 11 is 0. The minimum atomic E-state index is -3.62. The van der Waals surface area contributed by atoms with Crippen LogP contribution >= 0.6 is 0 Å². The molecular formula is C25H34N4O3S. The number of nitrogens with zero attached hydrogens (tertiary/aromatic N) is 3. The Labute approximate surface area is 197 Å². The fourth-order valence-electron chi connectivity index (χ4n) is 4.72. The van der Waals surface area contributed by atoms with Crippen LogP contribution in [0.25, 0.3) is 0 Å². The third kappa shape index (κ3) is 5.14. The molecule has 2 aliphatic rings. The topological polar surface area (TPSA) is 73.0 Å². The lowest BCUT2D eigenvalue weighted by molar-refractivity contribution is -0.121. The standard InChI is InChI=1S/C25H34N4O3S/c1-25(2)22-18-21(10-11-23(22)27(3)24(25)30)33(31,32)26-12-7-13-28-14-16-29(17-15-28)19-20-8-5-4-6-9-20/h4-6,8-11,18,26H,7,12-17,19H2,1-3H3. The molecule has 0 aliphatic carbocycles. The lowest BCUT2D eigenvalue weighted by Crippen LogP contribution is -2.46. The number of hydrogen-bond donors (Lipinski definition) is 1. The van der Waals surface area contributed by atoms with E-state index in [1.54, 1.807) is 30.1 Å². The minimum Gasteiger partial charge on any atom is -0.314 e. The summed E-state index contributed by atoms with van der Waals surface area (Å²) in [5, 5.41) is 0. The number of benzene rings is 2. The Kier molecular flexibility index (Phi) is 6.91. The van der Waals surface area contributed by atoms with Gasteiger partial charge in [0.2, 0.25) is 15.9 Å². The molecule has 178 valence electrons. The summed E-state index contributed by atoms with van der Waals surface area (Å²) in [5.41, 5.74) is 2.14. The molecule has 0 spiro atoms. The third-order valence-electron chi connectivity index (χ3n) is 6.81. The van der Waals surface area contributed by atoms with E-state index in [1.165, 1.54) is 5.56 Å². The zero-order valence-corrected chi connectivity index (χ0v) is 20.6. The van der Waals surface area contributed by atoms with Crippen LogP contribution in [0.15, 0.2) is 53.4 Å². The van der Waals surface area contributed by atoms with Crippen molar-refractivity contribution >= 4 is 21.6 Å². The van der Waals surface area contributed by atoms with Crippen LogP contribution in [-0.4, -0.2) is 70.4 Å². The Morgan fingerprint density at radius 1 is 0.970 bits per heavy atom. The summed E-state index contributed by atoms with van der Waals surface area (Å²) in [6, 6.07) is 15.5. The summed E-state index contributed by atoms with van der Waals surface area (Å²) in [7, 11) is -1.89. The lowest BCUT2D eigenvalue weighted by atomic mass is 9.86. The van der Waals surface area contributed by atoms with Gasteiger partial charge in [0.15, 0.2) is 0 Å². The average molecular weight is 471 g/mol. The first-order valence-electron chi connectivity index (χ1n) is 11.6. The Bertz CT molecular complexity index is 1090. The highest BCUT2D eigenvalue weighted by Gasteiger charge is 2.42. The maximum atomic E-state index is 12.8. The van der Waals surface area contributed by atoms with Gasteiger partial charge < -0.3 is 9.80 Å². The van der Waals surface area contributed by atoms with Crippen molar-refractivity contribution < 1.29 is 13.2 Å². The first-order chi connectivity index (χ1) is 15.7. The van der Waals surface area contributed by atoms with Crippen LogP contribution < -0.4 is 9.62 Å². The number of rotatable bonds is 8. The van der Waals surface area contributed by atoms with E-state index in [9.17, 15) is 13.2 Å². The van der Waals surface area contributed by atoms with Gasteiger partial charge in [0.25, 0.3) is 0 Å². The average Bonchev–Trinajstić information content (AvgIpc) is 2.98. The van der Waals surface area contributed by atoms with E-state index in [0.29, 0.717) is 6.54 Å². The maximum absolute atomic E-state index is 12.8. The molecule has 0 aromatic heterocycles. The second kappa shape index (κ2) is 9.54. The van der Waals surface area contributed by atoms with E-state index in [4.69, 9.17) is 0 Å². The third-order valence-corrected chi connectivity index (χ3v) is 8.27. The van der Waals surface area contributed by atoms with Crippen molar-refractivity contribution in [3.8, 4) is 0 Å². The predicted molar refractivity (Wildman–Crippen MR) is 131 cm³/mol. The maximum Gasteiger partial charge on any atom is 0.240 e. The van der Waals surface area contributed by atoms with E-state index in [-0.39, 0.29) is 10.8 Å². The number of nitrogens with one attached hydrogen (secondary N) is 1. The fourth-order valence-corrected chi connectivity index (χ4v) is 5.82. The van der Waals surface area contributed by atoms with Crippen LogP contribution in [0.4, 0.5) is 5.69 Å². The van der Waals surface area contributed by atoms with Crippen molar-refractivity contribution in [3.63, 3.8) is 0 Å².